The highest BCUT2D eigenvalue weighted by Crippen LogP contribution is 2.67. The molecular weight excluding hydrogens is 991 g/mol. The lowest BCUT2D eigenvalue weighted by atomic mass is 9.47. The first-order valence-electron chi connectivity index (χ1n) is 28.3. The number of aliphatic hydroxyl groups is 6. The second-order valence-corrected chi connectivity index (χ2v) is 25.8. The molecule has 0 radical (unpaired) electrons. The highest BCUT2D eigenvalue weighted by Gasteiger charge is 2.60. The van der Waals surface area contributed by atoms with Crippen LogP contribution in [-0.2, 0) is 33.2 Å². The minimum Gasteiger partial charge on any atom is -0.446 e. The summed E-state index contributed by atoms with van der Waals surface area (Å²) in [5, 5.41) is 68.7. The van der Waals surface area contributed by atoms with Crippen LogP contribution in [0.2, 0.25) is 0 Å². The van der Waals surface area contributed by atoms with Crippen LogP contribution < -0.4 is 39.7 Å². The number of nitrogens with one attached hydrogen (secondary N) is 1. The lowest BCUT2D eigenvalue weighted by Gasteiger charge is -2.58. The molecule has 3 aliphatic heterocycles. The van der Waals surface area contributed by atoms with Crippen molar-refractivity contribution in [1.29, 1.82) is 0 Å². The fourth-order valence-electron chi connectivity index (χ4n) is 15.1. The number of carbonyl (C=O) groups is 1. The van der Waals surface area contributed by atoms with E-state index in [1.165, 1.54) is 62.3 Å². The second-order valence-electron chi connectivity index (χ2n) is 24.6. The topological polar surface area (TPSA) is 371 Å². The number of ether oxygens (including phenoxy) is 7. The standard InChI is InChI=1S/C53H95N7O14S/c1-24(2)7-6-8-25(3)29-11-12-30-28-10-9-26-19-27(13-15-52(26,4)31(28)14-16-53(29,30)5)68-51(67)60-17-18-75-23-36-46(73-49-38(59)43(65)41(63)35(22-55)70-49)44(66)50(71-36)74-47-39(61)32(56)20-33(57)45(47)72-48-37(58)42(64)40(62)34(21-54)69-48/h9,24-25,27-50,61-66H,6-8,10-23,54-59H2,1-5H3,(H,60,67)/t25-,27?,28?,29?,30?,31?,32-,33?,34?,35?,36-,37?,38?,39?,40-,41-,42?,43?,44?,45-,46?,47?,48-,49-,50+,52+,53-/m1/s1. The van der Waals surface area contributed by atoms with E-state index in [1.54, 1.807) is 0 Å². The molecule has 19 N–H and O–H groups in total. The van der Waals surface area contributed by atoms with Crippen molar-refractivity contribution in [2.75, 3.05) is 31.1 Å². The maximum Gasteiger partial charge on any atom is 0.407 e. The fraction of sp³-hybridized carbons (Fsp3) is 0.943. The molecular formula is C53H95N7O14S. The predicted octanol–water partition coefficient (Wildman–Crippen LogP) is -0.0182. The molecule has 75 heavy (non-hydrogen) atoms. The van der Waals surface area contributed by atoms with Crippen LogP contribution in [0.25, 0.3) is 0 Å². The molecule has 5 aliphatic carbocycles. The Kier molecular flexibility index (Phi) is 20.1. The molecule has 21 nitrogen and oxygen atoms in total. The first-order chi connectivity index (χ1) is 35.6. The lowest BCUT2D eigenvalue weighted by Crippen LogP contribution is -2.68. The lowest BCUT2D eigenvalue weighted by molar-refractivity contribution is -0.306. The Morgan fingerprint density at radius 2 is 1.36 bits per heavy atom. The number of nitrogens with two attached hydrogens (primary N) is 6. The molecule has 0 aromatic rings. The molecule has 4 saturated carbocycles. The Hall–Kier alpha value is -1.36. The number of fused-ring (bicyclic) bond motifs is 5. The van der Waals surface area contributed by atoms with Crippen LogP contribution >= 0.6 is 11.8 Å². The Bertz CT molecular complexity index is 1900. The molecule has 432 valence electrons. The average molecular weight is 1090 g/mol. The first kappa shape index (κ1) is 59.8. The summed E-state index contributed by atoms with van der Waals surface area (Å²) in [5.74, 6) is 5.15. The fourth-order valence-corrected chi connectivity index (χ4v) is 16.0. The predicted molar refractivity (Wildman–Crippen MR) is 280 cm³/mol. The van der Waals surface area contributed by atoms with Crippen molar-refractivity contribution in [2.24, 2.45) is 80.7 Å². The van der Waals surface area contributed by atoms with Crippen LogP contribution in [0, 0.1) is 46.3 Å². The van der Waals surface area contributed by atoms with Gasteiger partial charge in [-0.1, -0.05) is 65.5 Å². The van der Waals surface area contributed by atoms with Gasteiger partial charge in [-0.2, -0.15) is 11.8 Å². The molecule has 27 atom stereocenters. The van der Waals surface area contributed by atoms with Crippen molar-refractivity contribution in [3.8, 4) is 0 Å². The van der Waals surface area contributed by atoms with Gasteiger partial charge in [0.15, 0.2) is 18.9 Å². The van der Waals surface area contributed by atoms with Gasteiger partial charge in [0.1, 0.15) is 67.1 Å². The largest absolute Gasteiger partial charge is 0.446 e. The SMILES string of the molecule is CC(C)CCC[C@@H](C)C1CCC2C3CC=C4CC(OC(=O)NCCSC[C@H]5O[C@@H](OC6C(O)[C@H](N)CC(N)[C@H]6O[C@H]6OC(CN)[C@@H](O)C(O)C6N)C(O)C5O[C@H]5OC(CN)[C@@H](O)C(O)C5N)CC[C@]4(C)C3CC[C@@]21C. The van der Waals surface area contributed by atoms with E-state index in [1.807, 2.05) is 0 Å². The molecule has 0 bridgehead atoms. The Labute approximate surface area is 447 Å². The Morgan fingerprint density at radius 1 is 0.733 bits per heavy atom. The molecule has 3 heterocycles. The van der Waals surface area contributed by atoms with Crippen LogP contribution in [0.1, 0.15) is 112 Å². The van der Waals surface area contributed by atoms with Gasteiger partial charge in [0.25, 0.3) is 0 Å². The average Bonchev–Trinajstić information content (AvgIpc) is 3.91. The van der Waals surface area contributed by atoms with Crippen molar-refractivity contribution in [2.45, 2.75) is 234 Å². The van der Waals surface area contributed by atoms with Gasteiger partial charge in [-0.15, -0.1) is 0 Å². The highest BCUT2D eigenvalue weighted by molar-refractivity contribution is 7.99. The molecule has 7 fully saturated rings. The third-order valence-corrected chi connectivity index (χ3v) is 20.6. The van der Waals surface area contributed by atoms with Gasteiger partial charge in [-0.25, -0.2) is 4.79 Å². The third kappa shape index (κ3) is 12.4. The van der Waals surface area contributed by atoms with Crippen LogP contribution in [0.15, 0.2) is 11.6 Å². The van der Waals surface area contributed by atoms with Gasteiger partial charge in [-0.05, 0) is 97.7 Å². The summed E-state index contributed by atoms with van der Waals surface area (Å²) in [5.41, 5.74) is 39.0. The smallest absolute Gasteiger partial charge is 0.407 e. The van der Waals surface area contributed by atoms with Crippen molar-refractivity contribution in [1.82, 2.24) is 5.32 Å². The summed E-state index contributed by atoms with van der Waals surface area (Å²) in [6, 6.07) is -4.24. The first-order valence-corrected chi connectivity index (χ1v) is 29.4. The zero-order chi connectivity index (χ0) is 54.3. The van der Waals surface area contributed by atoms with Gasteiger partial charge in [0.2, 0.25) is 0 Å². The number of amides is 1. The van der Waals surface area contributed by atoms with Crippen LogP contribution in [-0.4, -0.2) is 190 Å². The van der Waals surface area contributed by atoms with Gasteiger partial charge < -0.3 is 104 Å². The number of rotatable bonds is 19. The van der Waals surface area contributed by atoms with E-state index >= 15 is 0 Å². The summed E-state index contributed by atoms with van der Waals surface area (Å²) in [4.78, 5) is 13.3. The summed E-state index contributed by atoms with van der Waals surface area (Å²) in [7, 11) is 0. The van der Waals surface area contributed by atoms with Gasteiger partial charge in [0.05, 0.1) is 24.3 Å². The number of allylic oxidation sites excluding steroid dienone is 1. The number of aliphatic hydroxyl groups excluding tert-OH is 6. The second kappa shape index (κ2) is 25.2. The summed E-state index contributed by atoms with van der Waals surface area (Å²) >= 11 is 1.39. The van der Waals surface area contributed by atoms with Crippen molar-refractivity contribution < 1.29 is 68.6 Å². The maximum atomic E-state index is 13.3. The molecule has 0 aromatic heterocycles. The van der Waals surface area contributed by atoms with Crippen molar-refractivity contribution >= 4 is 17.9 Å². The normalized spacial score (nSPS) is 48.4. The molecule has 0 spiro atoms. The number of alkyl carbamates (subject to hydrolysis) is 1. The number of hydrogen-bond acceptors (Lipinski definition) is 21. The highest BCUT2D eigenvalue weighted by atomic mass is 32.2. The van der Waals surface area contributed by atoms with E-state index in [-0.39, 0.29) is 43.3 Å². The van der Waals surface area contributed by atoms with Crippen molar-refractivity contribution in [3.63, 3.8) is 0 Å². The van der Waals surface area contributed by atoms with E-state index in [2.05, 4.69) is 46.0 Å². The maximum absolute atomic E-state index is 13.3. The van der Waals surface area contributed by atoms with Gasteiger partial charge >= 0.3 is 6.09 Å². The minimum atomic E-state index is -1.57. The molecule has 22 heteroatoms. The zero-order valence-electron chi connectivity index (χ0n) is 44.9. The summed E-state index contributed by atoms with van der Waals surface area (Å²) < 4.78 is 42.9. The quantitative estimate of drug-likeness (QED) is 0.0597. The van der Waals surface area contributed by atoms with Gasteiger partial charge in [0, 0.05) is 49.6 Å². The number of hydrogen-bond donors (Lipinski definition) is 13. The van der Waals surface area contributed by atoms with Crippen LogP contribution in [0.4, 0.5) is 4.79 Å². The molecule has 8 aliphatic rings. The van der Waals surface area contributed by atoms with Gasteiger partial charge in [-0.3, -0.25) is 0 Å². The molecule has 0 aromatic carbocycles. The monoisotopic (exact) mass is 1090 g/mol. The minimum absolute atomic E-state index is 0.0883. The number of carbonyl (C=O) groups excluding carboxylic acids is 1. The summed E-state index contributed by atoms with van der Waals surface area (Å²) in [6.45, 7) is 12.3. The van der Waals surface area contributed by atoms with Crippen molar-refractivity contribution in [3.05, 3.63) is 11.6 Å². The molecule has 16 unspecified atom stereocenters. The van der Waals surface area contributed by atoms with Crippen LogP contribution in [0.3, 0.4) is 0 Å². The van der Waals surface area contributed by atoms with Crippen LogP contribution in [0.5, 0.6) is 0 Å². The van der Waals surface area contributed by atoms with E-state index in [0.717, 1.165) is 55.3 Å². The van der Waals surface area contributed by atoms with E-state index in [4.69, 9.17) is 67.6 Å². The van der Waals surface area contributed by atoms with E-state index < -0.39 is 122 Å². The molecule has 3 saturated heterocycles. The number of thioether (sulfide) groups is 1. The third-order valence-electron chi connectivity index (χ3n) is 19.5. The Morgan fingerprint density at radius 3 is 2.00 bits per heavy atom. The van der Waals surface area contributed by atoms with E-state index in [9.17, 15) is 35.4 Å². The van der Waals surface area contributed by atoms with E-state index in [0.29, 0.717) is 17.1 Å². The summed E-state index contributed by atoms with van der Waals surface area (Å²) in [6.07, 6.45) is -4.58. The zero-order valence-corrected chi connectivity index (χ0v) is 45.7. The molecule has 8 rings (SSSR count). The Balaban J connectivity index is 0.859. The molecule has 1 amide bonds.